The molecule has 0 bridgehead atoms. The lowest BCUT2D eigenvalue weighted by Crippen LogP contribution is -2.40. The first-order chi connectivity index (χ1) is 12.5. The zero-order valence-electron chi connectivity index (χ0n) is 14.3. The van der Waals surface area contributed by atoms with Crippen LogP contribution in [0.25, 0.3) is 0 Å². The number of para-hydroxylation sites is 2. The quantitative estimate of drug-likeness (QED) is 0.848. The smallest absolute Gasteiger partial charge is 0.241 e. The van der Waals surface area contributed by atoms with Crippen LogP contribution in [0.15, 0.2) is 42.5 Å². The molecule has 1 heterocycles. The van der Waals surface area contributed by atoms with Gasteiger partial charge in [0.2, 0.25) is 11.8 Å². The predicted molar refractivity (Wildman–Crippen MR) is 105 cm³/mol. The molecule has 1 aliphatic rings. The summed E-state index contributed by atoms with van der Waals surface area (Å²) in [6, 6.07) is 12.9. The van der Waals surface area contributed by atoms with Gasteiger partial charge >= 0.3 is 0 Å². The summed E-state index contributed by atoms with van der Waals surface area (Å²) < 4.78 is 0. The first-order valence-corrected chi connectivity index (χ1v) is 9.02. The first kappa shape index (κ1) is 18.7. The summed E-state index contributed by atoms with van der Waals surface area (Å²) in [6.45, 7) is 0.883. The molecule has 136 valence electrons. The molecule has 0 radical (unpaired) electrons. The minimum Gasteiger partial charge on any atom is -0.322 e. The van der Waals surface area contributed by atoms with Crippen molar-refractivity contribution in [1.29, 1.82) is 0 Å². The maximum absolute atomic E-state index is 12.6. The Morgan fingerprint density at radius 3 is 2.50 bits per heavy atom. The third kappa shape index (κ3) is 4.18. The van der Waals surface area contributed by atoms with Crippen molar-refractivity contribution < 1.29 is 9.59 Å². The van der Waals surface area contributed by atoms with Crippen LogP contribution < -0.4 is 10.2 Å². The van der Waals surface area contributed by atoms with Gasteiger partial charge in [-0.15, -0.1) is 0 Å². The molecule has 3 rings (SSSR count). The highest BCUT2D eigenvalue weighted by Crippen LogP contribution is 2.30. The fourth-order valence-corrected chi connectivity index (χ4v) is 3.50. The largest absolute Gasteiger partial charge is 0.322 e. The molecule has 7 heteroatoms. The molecule has 0 saturated heterocycles. The van der Waals surface area contributed by atoms with Crippen LogP contribution in [-0.2, 0) is 16.0 Å². The summed E-state index contributed by atoms with van der Waals surface area (Å²) >= 11 is 12.1. The Bertz CT molecular complexity index is 821. The number of fused-ring (bicyclic) bond motifs is 1. The van der Waals surface area contributed by atoms with Crippen molar-refractivity contribution in [2.45, 2.75) is 6.42 Å². The van der Waals surface area contributed by atoms with Gasteiger partial charge < -0.3 is 10.2 Å². The zero-order chi connectivity index (χ0) is 18.7. The van der Waals surface area contributed by atoms with Crippen molar-refractivity contribution in [3.63, 3.8) is 0 Å². The minimum absolute atomic E-state index is 0.0268. The number of halogens is 2. The molecule has 0 aromatic heterocycles. The van der Waals surface area contributed by atoms with Crippen LogP contribution in [0.4, 0.5) is 11.4 Å². The molecule has 0 saturated carbocycles. The summed E-state index contributed by atoms with van der Waals surface area (Å²) in [7, 11) is 1.73. The maximum atomic E-state index is 12.6. The summed E-state index contributed by atoms with van der Waals surface area (Å²) in [5.74, 6) is -0.307. The van der Waals surface area contributed by atoms with E-state index in [9.17, 15) is 9.59 Å². The fraction of sp³-hybridized carbons (Fsp3) is 0.263. The monoisotopic (exact) mass is 391 g/mol. The third-order valence-corrected chi connectivity index (χ3v) is 4.86. The number of rotatable bonds is 5. The number of carbonyl (C=O) groups is 2. The van der Waals surface area contributed by atoms with Crippen molar-refractivity contribution >= 4 is 46.4 Å². The van der Waals surface area contributed by atoms with Gasteiger partial charge in [-0.3, -0.25) is 14.5 Å². The summed E-state index contributed by atoms with van der Waals surface area (Å²) in [6.07, 6.45) is 0.858. The number of nitrogens with one attached hydrogen (secondary N) is 1. The molecule has 1 N–H and O–H groups in total. The normalized spacial score (nSPS) is 13.0. The second-order valence-corrected chi connectivity index (χ2v) is 7.06. The van der Waals surface area contributed by atoms with E-state index >= 15 is 0 Å². The molecule has 2 amide bonds. The Kier molecular flexibility index (Phi) is 5.81. The summed E-state index contributed by atoms with van der Waals surface area (Å²) in [4.78, 5) is 28.3. The van der Waals surface area contributed by atoms with Crippen LogP contribution >= 0.6 is 23.2 Å². The van der Waals surface area contributed by atoms with Crippen molar-refractivity contribution in [3.8, 4) is 0 Å². The molecule has 0 aliphatic carbocycles. The SMILES string of the molecule is CN(CC(=O)Nc1c(Cl)cccc1Cl)CC(=O)N1CCc2ccccc21. The van der Waals surface area contributed by atoms with Gasteiger partial charge in [0.1, 0.15) is 0 Å². The van der Waals surface area contributed by atoms with Gasteiger partial charge in [-0.1, -0.05) is 47.5 Å². The van der Waals surface area contributed by atoms with E-state index in [4.69, 9.17) is 23.2 Å². The topological polar surface area (TPSA) is 52.7 Å². The van der Waals surface area contributed by atoms with Crippen LogP contribution in [0.2, 0.25) is 10.0 Å². The predicted octanol–water partition coefficient (Wildman–Crippen LogP) is 3.45. The fourth-order valence-electron chi connectivity index (χ4n) is 3.01. The average Bonchev–Trinajstić information content (AvgIpc) is 3.02. The number of amides is 2. The number of anilines is 2. The molecule has 2 aromatic carbocycles. The molecule has 1 aliphatic heterocycles. The molecule has 0 spiro atoms. The van der Waals surface area contributed by atoms with Gasteiger partial charge in [-0.05, 0) is 37.2 Å². The van der Waals surface area contributed by atoms with Crippen molar-refractivity contribution in [2.75, 3.05) is 36.9 Å². The Morgan fingerprint density at radius 2 is 1.77 bits per heavy atom. The number of hydrogen-bond donors (Lipinski definition) is 1. The molecule has 0 unspecified atom stereocenters. The van der Waals surface area contributed by atoms with E-state index in [-0.39, 0.29) is 24.9 Å². The molecule has 0 fully saturated rings. The molecule has 5 nitrogen and oxygen atoms in total. The highest BCUT2D eigenvalue weighted by atomic mass is 35.5. The lowest BCUT2D eigenvalue weighted by Gasteiger charge is -2.22. The Labute approximate surface area is 162 Å². The van der Waals surface area contributed by atoms with Gasteiger partial charge in [0.05, 0.1) is 28.8 Å². The molecule has 26 heavy (non-hydrogen) atoms. The van der Waals surface area contributed by atoms with E-state index in [0.29, 0.717) is 22.3 Å². The number of nitrogens with zero attached hydrogens (tertiary/aromatic N) is 2. The summed E-state index contributed by atoms with van der Waals surface area (Å²) in [5.41, 5.74) is 2.52. The molecular weight excluding hydrogens is 373 g/mol. The standard InChI is InChI=1S/C19H19Cl2N3O2/c1-23(11-17(25)22-19-14(20)6-4-7-15(19)21)12-18(26)24-10-9-13-5-2-3-8-16(13)24/h2-8H,9-12H2,1H3,(H,22,25). The Morgan fingerprint density at radius 1 is 1.08 bits per heavy atom. The Hall–Kier alpha value is -2.08. The van der Waals surface area contributed by atoms with Crippen molar-refractivity contribution in [2.24, 2.45) is 0 Å². The number of benzene rings is 2. The van der Waals surface area contributed by atoms with E-state index < -0.39 is 0 Å². The third-order valence-electron chi connectivity index (χ3n) is 4.23. The van der Waals surface area contributed by atoms with Gasteiger partial charge in [0.15, 0.2) is 0 Å². The molecule has 2 aromatic rings. The number of carbonyl (C=O) groups excluding carboxylic acids is 2. The zero-order valence-corrected chi connectivity index (χ0v) is 15.8. The van der Waals surface area contributed by atoms with Crippen molar-refractivity contribution in [3.05, 3.63) is 58.1 Å². The molecule has 0 atom stereocenters. The van der Waals surface area contributed by atoms with Crippen LogP contribution in [0.1, 0.15) is 5.56 Å². The highest BCUT2D eigenvalue weighted by molar-refractivity contribution is 6.39. The second kappa shape index (κ2) is 8.08. The van der Waals surface area contributed by atoms with E-state index in [1.54, 1.807) is 35.0 Å². The van der Waals surface area contributed by atoms with E-state index in [1.165, 1.54) is 5.56 Å². The average molecular weight is 392 g/mol. The Balaban J connectivity index is 1.56. The maximum Gasteiger partial charge on any atom is 0.241 e. The molecular formula is C19H19Cl2N3O2. The highest BCUT2D eigenvalue weighted by Gasteiger charge is 2.25. The summed E-state index contributed by atoms with van der Waals surface area (Å²) in [5, 5.41) is 3.45. The van der Waals surface area contributed by atoms with Gasteiger partial charge in [-0.2, -0.15) is 0 Å². The van der Waals surface area contributed by atoms with Crippen LogP contribution in [0.3, 0.4) is 0 Å². The van der Waals surface area contributed by atoms with E-state index in [0.717, 1.165) is 12.1 Å². The van der Waals surface area contributed by atoms with Crippen LogP contribution in [0, 0.1) is 0 Å². The van der Waals surface area contributed by atoms with E-state index in [1.807, 2.05) is 24.3 Å². The van der Waals surface area contributed by atoms with Crippen molar-refractivity contribution in [1.82, 2.24) is 4.90 Å². The van der Waals surface area contributed by atoms with Crippen LogP contribution in [-0.4, -0.2) is 43.4 Å². The second-order valence-electron chi connectivity index (χ2n) is 6.24. The van der Waals surface area contributed by atoms with E-state index in [2.05, 4.69) is 5.32 Å². The number of likely N-dealkylation sites (N-methyl/N-ethyl adjacent to an activating group) is 1. The van der Waals surface area contributed by atoms with Gasteiger partial charge in [-0.25, -0.2) is 0 Å². The number of hydrogen-bond acceptors (Lipinski definition) is 3. The minimum atomic E-state index is -0.280. The van der Waals surface area contributed by atoms with Gasteiger partial charge in [0.25, 0.3) is 0 Å². The van der Waals surface area contributed by atoms with Gasteiger partial charge in [0, 0.05) is 12.2 Å². The first-order valence-electron chi connectivity index (χ1n) is 8.26. The lowest BCUT2D eigenvalue weighted by atomic mass is 10.2. The lowest BCUT2D eigenvalue weighted by molar-refractivity contribution is -0.120. The van der Waals surface area contributed by atoms with Crippen LogP contribution in [0.5, 0.6) is 0 Å².